The van der Waals surface area contributed by atoms with Gasteiger partial charge in [0.05, 0.1) is 34.4 Å². The van der Waals surface area contributed by atoms with Crippen molar-refractivity contribution >= 4 is 17.9 Å². The highest BCUT2D eigenvalue weighted by atomic mass is 16.7. The Kier molecular flexibility index (Phi) is 73.1. The highest BCUT2D eigenvalue weighted by molar-refractivity contribution is 5.71. The molecule has 2 unspecified atom stereocenters. The highest BCUT2D eigenvalue weighted by Crippen LogP contribution is 2.18. The minimum Gasteiger partial charge on any atom is -0.477 e. The normalized spacial score (nSPS) is 13.5. The fourth-order valence-electron chi connectivity index (χ4n) is 11.0. The van der Waals surface area contributed by atoms with E-state index in [1.54, 1.807) is 0 Å². The van der Waals surface area contributed by atoms with Crippen LogP contribution in [0, 0.1) is 0 Å². The van der Waals surface area contributed by atoms with Crippen molar-refractivity contribution in [3.8, 4) is 0 Å². The van der Waals surface area contributed by atoms with Gasteiger partial charge in [-0.15, -0.1) is 0 Å². The van der Waals surface area contributed by atoms with Crippen LogP contribution in [0.1, 0.15) is 335 Å². The number of carbonyl (C=O) groups excluding carboxylic acids is 2. The third-order valence-electron chi connectivity index (χ3n) is 17.1. The molecule has 0 rings (SSSR count). The van der Waals surface area contributed by atoms with Crippen LogP contribution < -0.4 is 0 Å². The van der Waals surface area contributed by atoms with Gasteiger partial charge in [-0.1, -0.05) is 346 Å². The number of esters is 2. The van der Waals surface area contributed by atoms with Crippen LogP contribution in [0.25, 0.3) is 0 Å². The number of quaternary nitrogens is 1. The molecule has 9 nitrogen and oxygen atoms in total. The van der Waals surface area contributed by atoms with Crippen molar-refractivity contribution in [2.24, 2.45) is 0 Å². The average molecular weight is 1350 g/mol. The summed E-state index contributed by atoms with van der Waals surface area (Å²) in [6, 6.07) is 0. The van der Waals surface area contributed by atoms with Gasteiger partial charge in [0.1, 0.15) is 13.2 Å². The Hall–Kier alpha value is -4.83. The predicted molar refractivity (Wildman–Crippen MR) is 419 cm³/mol. The monoisotopic (exact) mass is 1350 g/mol. The molecule has 0 radical (unpaired) electrons. The van der Waals surface area contributed by atoms with Gasteiger partial charge < -0.3 is 28.5 Å². The molecule has 0 amide bonds. The third kappa shape index (κ3) is 78.4. The number of ether oxygens (including phenoxy) is 4. The first-order chi connectivity index (χ1) is 47.6. The van der Waals surface area contributed by atoms with Crippen LogP contribution in [-0.4, -0.2) is 87.4 Å². The van der Waals surface area contributed by atoms with Crippen molar-refractivity contribution in [1.29, 1.82) is 0 Å². The number of likely N-dealkylation sites (N-methyl/N-ethyl adjacent to an activating group) is 1. The van der Waals surface area contributed by atoms with Crippen LogP contribution in [0.5, 0.6) is 0 Å². The van der Waals surface area contributed by atoms with Gasteiger partial charge in [0.2, 0.25) is 0 Å². The summed E-state index contributed by atoms with van der Waals surface area (Å²) in [7, 11) is 5.98. The summed E-state index contributed by atoms with van der Waals surface area (Å²) in [6.45, 7) is 4.77. The SMILES string of the molecule is CC/C=C\C/C=C\C/C=C\C/C=C\C/C=C\C/C=C\C/C=C\C/C=C\C/C=C\C/C=C\CCCCCCCCCCCCC(=O)OC(COC(=O)CCCCCCCCCCCCCCCCCCCCC/C=C\C/C=C\CCCCCCC)COC(OCC[N+](C)(C)C)C(=O)O. The lowest BCUT2D eigenvalue weighted by Crippen LogP contribution is -2.40. The summed E-state index contributed by atoms with van der Waals surface area (Å²) >= 11 is 0. The zero-order valence-electron chi connectivity index (χ0n) is 63.4. The number of allylic oxidation sites excluding steroid dienone is 24. The molecule has 9 heteroatoms. The van der Waals surface area contributed by atoms with Gasteiger partial charge in [-0.05, 0) is 122 Å². The average Bonchev–Trinajstić information content (AvgIpc) is 3.27. The van der Waals surface area contributed by atoms with Crippen molar-refractivity contribution in [1.82, 2.24) is 0 Å². The molecule has 0 saturated heterocycles. The maximum atomic E-state index is 13.0. The van der Waals surface area contributed by atoms with E-state index in [1.165, 1.54) is 186 Å². The van der Waals surface area contributed by atoms with Gasteiger partial charge >= 0.3 is 17.9 Å². The Balaban J connectivity index is 4.09. The highest BCUT2D eigenvalue weighted by Gasteiger charge is 2.25. The van der Waals surface area contributed by atoms with E-state index in [9.17, 15) is 19.5 Å². The molecule has 0 saturated carbocycles. The van der Waals surface area contributed by atoms with Gasteiger partial charge in [0.25, 0.3) is 6.29 Å². The summed E-state index contributed by atoms with van der Waals surface area (Å²) in [5.41, 5.74) is 0. The van der Waals surface area contributed by atoms with Crippen molar-refractivity contribution < 1.29 is 42.9 Å². The lowest BCUT2D eigenvalue weighted by molar-refractivity contribution is -0.870. The first kappa shape index (κ1) is 92.2. The molecule has 554 valence electrons. The summed E-state index contributed by atoms with van der Waals surface area (Å²) in [5.74, 6) is -2.01. The van der Waals surface area contributed by atoms with Crippen LogP contribution >= 0.6 is 0 Å². The fraction of sp³-hybridized carbons (Fsp3) is 0.693. The third-order valence-corrected chi connectivity index (χ3v) is 17.1. The lowest BCUT2D eigenvalue weighted by atomic mass is 10.0. The van der Waals surface area contributed by atoms with Crippen molar-refractivity contribution in [2.45, 2.75) is 347 Å². The molecule has 0 spiro atoms. The topological polar surface area (TPSA) is 108 Å². The molecular formula is C88H150NO8+. The molecule has 0 aromatic carbocycles. The number of carboxylic acids is 1. The van der Waals surface area contributed by atoms with Gasteiger partial charge in [0.15, 0.2) is 6.10 Å². The second-order valence-electron chi connectivity index (χ2n) is 27.6. The Morgan fingerprint density at radius 1 is 0.320 bits per heavy atom. The molecule has 0 aliphatic heterocycles. The summed E-state index contributed by atoms with van der Waals surface area (Å²) in [4.78, 5) is 37.7. The van der Waals surface area contributed by atoms with Crippen LogP contribution in [0.3, 0.4) is 0 Å². The Bertz CT molecular complexity index is 2110. The van der Waals surface area contributed by atoms with Crippen molar-refractivity contribution in [3.63, 3.8) is 0 Å². The van der Waals surface area contributed by atoms with Gasteiger partial charge in [-0.2, -0.15) is 0 Å². The first-order valence-corrected chi connectivity index (χ1v) is 40.0. The van der Waals surface area contributed by atoms with E-state index in [1.807, 2.05) is 21.1 Å². The number of hydrogen-bond donors (Lipinski definition) is 1. The largest absolute Gasteiger partial charge is 0.477 e. The summed E-state index contributed by atoms with van der Waals surface area (Å²) in [6.07, 6.45) is 110. The zero-order valence-corrected chi connectivity index (χ0v) is 63.4. The Labute approximate surface area is 598 Å². The molecule has 0 aliphatic rings. The Morgan fingerprint density at radius 3 is 0.876 bits per heavy atom. The molecule has 0 bridgehead atoms. The van der Waals surface area contributed by atoms with Crippen molar-refractivity contribution in [2.75, 3.05) is 47.5 Å². The van der Waals surface area contributed by atoms with E-state index in [2.05, 4.69) is 160 Å². The molecule has 0 heterocycles. The summed E-state index contributed by atoms with van der Waals surface area (Å²) < 4.78 is 23.0. The molecule has 0 aromatic rings. The molecule has 0 fully saturated rings. The van der Waals surface area contributed by atoms with E-state index in [0.29, 0.717) is 23.9 Å². The molecule has 0 aromatic heterocycles. The quantitative estimate of drug-likeness (QED) is 0.0211. The molecule has 0 aliphatic carbocycles. The zero-order chi connectivity index (χ0) is 70.4. The minimum absolute atomic E-state index is 0.182. The number of carboxylic acid groups (broad SMARTS) is 1. The van der Waals surface area contributed by atoms with Crippen LogP contribution in [0.15, 0.2) is 146 Å². The lowest BCUT2D eigenvalue weighted by Gasteiger charge is -2.25. The minimum atomic E-state index is -1.52. The van der Waals surface area contributed by atoms with Gasteiger partial charge in [0, 0.05) is 12.8 Å². The number of hydrogen-bond acceptors (Lipinski definition) is 7. The molecule has 2 atom stereocenters. The number of rotatable bonds is 73. The summed E-state index contributed by atoms with van der Waals surface area (Å²) in [5, 5.41) is 9.77. The van der Waals surface area contributed by atoms with Gasteiger partial charge in [-0.25, -0.2) is 4.79 Å². The smallest absolute Gasteiger partial charge is 0.361 e. The van der Waals surface area contributed by atoms with E-state index < -0.39 is 24.3 Å². The van der Waals surface area contributed by atoms with E-state index in [-0.39, 0.29) is 32.2 Å². The number of carbonyl (C=O) groups is 3. The molecular weight excluding hydrogens is 1200 g/mol. The second-order valence-corrected chi connectivity index (χ2v) is 27.6. The Morgan fingerprint density at radius 2 is 0.588 bits per heavy atom. The predicted octanol–water partition coefficient (Wildman–Crippen LogP) is 25.8. The molecule has 1 N–H and O–H groups in total. The number of nitrogens with zero attached hydrogens (tertiary/aromatic N) is 1. The first-order valence-electron chi connectivity index (χ1n) is 40.0. The fourth-order valence-corrected chi connectivity index (χ4v) is 11.0. The number of aliphatic carboxylic acids is 1. The van der Waals surface area contributed by atoms with E-state index in [4.69, 9.17) is 18.9 Å². The maximum Gasteiger partial charge on any atom is 0.361 e. The van der Waals surface area contributed by atoms with E-state index >= 15 is 0 Å². The van der Waals surface area contributed by atoms with Crippen LogP contribution in [-0.2, 0) is 33.3 Å². The van der Waals surface area contributed by atoms with E-state index in [0.717, 1.165) is 116 Å². The van der Waals surface area contributed by atoms with Crippen LogP contribution in [0.2, 0.25) is 0 Å². The second kappa shape index (κ2) is 76.9. The molecule has 97 heavy (non-hydrogen) atoms. The number of unbranched alkanes of at least 4 members (excludes halogenated alkanes) is 34. The van der Waals surface area contributed by atoms with Crippen molar-refractivity contribution in [3.05, 3.63) is 146 Å². The van der Waals surface area contributed by atoms with Crippen LogP contribution in [0.4, 0.5) is 0 Å². The maximum absolute atomic E-state index is 13.0. The standard InChI is InChI=1S/C88H149NO8/c1-6-8-10-12-14-16-18-20-22-24-26-28-30-32-34-36-38-39-40-41-42-43-44-45-46-47-49-51-53-55-57-59-61-63-65-67-69-71-73-75-77-79-86(91)97-84(83-96-88(87(92)93)94-81-80-89(3,4)5)82-95-85(90)78-76-74-72-70-68-66-64-62-60-58-56-54-52-50-48-37-35-33-31-29-27-25-23-21-19-17-15-13-11-9-7-2/h8,10,14,16,19-22,25-28,32,34,38-39,41-42,44-45,47,49,53,55,84,88H,6-7,9,11-13,15,17-18,23-24,29-31,33,35-37,40,43,46,48,50-52,54,56-83H2,1-5H3/p+1/b10-8-,16-14-,21-19-,22-20-,27-25-,28-26-,34-32-,39-38-,42-41-,45-44-,49-47-,55-53-. The van der Waals surface area contributed by atoms with Gasteiger partial charge in [-0.3, -0.25) is 9.59 Å².